The van der Waals surface area contributed by atoms with Crippen LogP contribution in [-0.2, 0) is 0 Å². The number of aromatic nitrogens is 4. The summed E-state index contributed by atoms with van der Waals surface area (Å²) in [5.41, 5.74) is 0. The Morgan fingerprint density at radius 3 is 2.67 bits per heavy atom. The number of hydrogen-bond donors (Lipinski definition) is 1. The van der Waals surface area contributed by atoms with Gasteiger partial charge >= 0.3 is 35.5 Å². The van der Waals surface area contributed by atoms with E-state index in [1.54, 1.807) is 0 Å². The maximum absolute atomic E-state index is 9.68. The van der Waals surface area contributed by atoms with Crippen LogP contribution >= 0.6 is 0 Å². The van der Waals surface area contributed by atoms with Crippen LogP contribution in [0.2, 0.25) is 0 Å². The zero-order chi connectivity index (χ0) is 5.98. The fraction of sp³-hybridized carbons (Fsp3) is 0. The molecule has 1 N–H and O–H groups in total. The maximum Gasteiger partial charge on any atom is 1.00 e. The Bertz CT molecular complexity index is 188. The molecule has 1 aromatic heterocycles. The molecule has 0 fully saturated rings. The van der Waals surface area contributed by atoms with Gasteiger partial charge in [0, 0.05) is 10.3 Å². The van der Waals surface area contributed by atoms with Crippen molar-refractivity contribution < 1.29 is 35.9 Å². The van der Waals surface area contributed by atoms with Crippen molar-refractivity contribution in [1.82, 2.24) is 20.6 Å². The molecule has 9 heavy (non-hydrogen) atoms. The smallest absolute Gasteiger partial charge is 1.00 e. The van der Waals surface area contributed by atoms with Gasteiger partial charge in [-0.1, -0.05) is 5.21 Å². The molecular formula is CH2N5NaO2. The van der Waals surface area contributed by atoms with Gasteiger partial charge in [-0.2, -0.15) is 0 Å². The molecule has 0 aliphatic carbocycles. The van der Waals surface area contributed by atoms with Crippen molar-refractivity contribution in [2.75, 3.05) is 0 Å². The first-order chi connectivity index (χ1) is 3.80. The van der Waals surface area contributed by atoms with E-state index in [1.165, 1.54) is 0 Å². The van der Waals surface area contributed by atoms with Gasteiger partial charge in [-0.15, -0.1) is 0 Å². The van der Waals surface area contributed by atoms with Crippen molar-refractivity contribution in [2.45, 2.75) is 0 Å². The summed E-state index contributed by atoms with van der Waals surface area (Å²) in [5, 5.41) is 20.7. The Morgan fingerprint density at radius 1 is 1.78 bits per heavy atom. The minimum atomic E-state index is -0.733. The zero-order valence-electron chi connectivity index (χ0n) is 5.61. The van der Waals surface area contributed by atoms with Gasteiger partial charge in [0.15, 0.2) is 0 Å². The Morgan fingerprint density at radius 2 is 2.44 bits per heavy atom. The molecular weight excluding hydrogens is 137 g/mol. The topological polar surface area (TPSA) is 97.6 Å². The van der Waals surface area contributed by atoms with Crippen LogP contribution in [0.15, 0.2) is 0 Å². The summed E-state index contributed by atoms with van der Waals surface area (Å²) in [6.45, 7) is 0. The van der Waals surface area contributed by atoms with Crippen LogP contribution in [0.25, 0.3) is 0 Å². The van der Waals surface area contributed by atoms with Crippen LogP contribution < -0.4 is 29.6 Å². The standard InChI is InChI=1S/CHN5O2.Na.H/c7-6(8)1-2-4-5-3-1;;/h(H,2,3,4,5);;/q;+1;-1. The predicted octanol–water partition coefficient (Wildman–Crippen LogP) is -3.78. The van der Waals surface area contributed by atoms with Crippen LogP contribution in [0.5, 0.6) is 0 Å². The first kappa shape index (κ1) is 8.47. The second kappa shape index (κ2) is 3.49. The Balaban J connectivity index is 0. The first-order valence-electron chi connectivity index (χ1n) is 1.68. The van der Waals surface area contributed by atoms with Crippen LogP contribution in [0.3, 0.4) is 0 Å². The van der Waals surface area contributed by atoms with Crippen molar-refractivity contribution in [3.63, 3.8) is 0 Å². The van der Waals surface area contributed by atoms with Gasteiger partial charge < -0.3 is 11.5 Å². The number of aromatic amines is 1. The van der Waals surface area contributed by atoms with Crippen LogP contribution in [0.1, 0.15) is 1.43 Å². The van der Waals surface area contributed by atoms with Crippen molar-refractivity contribution in [3.05, 3.63) is 10.1 Å². The molecule has 0 aromatic carbocycles. The van der Waals surface area contributed by atoms with E-state index in [9.17, 15) is 10.1 Å². The van der Waals surface area contributed by atoms with Crippen LogP contribution in [0, 0.1) is 10.1 Å². The van der Waals surface area contributed by atoms with Crippen molar-refractivity contribution in [1.29, 1.82) is 0 Å². The molecule has 0 spiro atoms. The van der Waals surface area contributed by atoms with Crippen LogP contribution in [-0.4, -0.2) is 25.5 Å². The van der Waals surface area contributed by atoms with Gasteiger partial charge in [-0.3, -0.25) is 0 Å². The molecule has 0 bridgehead atoms. The number of tetrazole rings is 1. The van der Waals surface area contributed by atoms with Gasteiger partial charge in [0.1, 0.15) is 0 Å². The monoisotopic (exact) mass is 139 g/mol. The number of hydrogen-bond acceptors (Lipinski definition) is 5. The summed E-state index contributed by atoms with van der Waals surface area (Å²) in [6.07, 6.45) is 0. The van der Waals surface area contributed by atoms with Gasteiger partial charge in [0.05, 0.1) is 5.10 Å². The summed E-state index contributed by atoms with van der Waals surface area (Å²) < 4.78 is 0. The van der Waals surface area contributed by atoms with E-state index in [0.717, 1.165) is 0 Å². The molecule has 0 atom stereocenters. The third kappa shape index (κ3) is 2.04. The normalized spacial score (nSPS) is 8.00. The van der Waals surface area contributed by atoms with Gasteiger partial charge in [-0.05, 0) is 4.92 Å². The van der Waals surface area contributed by atoms with Crippen molar-refractivity contribution in [2.24, 2.45) is 0 Å². The molecule has 8 heteroatoms. The molecule has 0 saturated carbocycles. The van der Waals surface area contributed by atoms with E-state index < -0.39 is 10.9 Å². The fourth-order valence-electron chi connectivity index (χ4n) is 0.234. The quantitative estimate of drug-likeness (QED) is 0.244. The molecule has 0 radical (unpaired) electrons. The molecule has 0 saturated heterocycles. The number of H-pyrrole nitrogens is 1. The second-order valence-electron chi connectivity index (χ2n) is 0.969. The molecule has 0 aliphatic heterocycles. The minimum absolute atomic E-state index is 0. The average molecular weight is 139 g/mol. The van der Waals surface area contributed by atoms with Gasteiger partial charge in [0.25, 0.3) is 0 Å². The van der Waals surface area contributed by atoms with Crippen molar-refractivity contribution >= 4 is 5.95 Å². The Kier molecular flexibility index (Phi) is 3.28. The Hall–Kier alpha value is -0.530. The summed E-state index contributed by atoms with van der Waals surface area (Å²) in [4.78, 5) is 8.95. The molecule has 1 heterocycles. The average Bonchev–Trinajstić information content (AvgIpc) is 2.12. The zero-order valence-corrected chi connectivity index (χ0v) is 6.61. The summed E-state index contributed by atoms with van der Waals surface area (Å²) >= 11 is 0. The molecule has 44 valence electrons. The Labute approximate surface area is 72.8 Å². The minimum Gasteiger partial charge on any atom is -1.00 e. The summed E-state index contributed by atoms with van der Waals surface area (Å²) in [6, 6.07) is 0. The summed E-state index contributed by atoms with van der Waals surface area (Å²) in [5.74, 6) is -0.509. The number of rotatable bonds is 1. The molecule has 7 nitrogen and oxygen atoms in total. The van der Waals surface area contributed by atoms with Crippen molar-refractivity contribution in [3.8, 4) is 0 Å². The third-order valence-corrected chi connectivity index (χ3v) is 0.497. The molecule has 1 aromatic rings. The SMILES string of the molecule is O=[N+]([O-])c1nn[nH]n1.[H-].[Na+]. The van der Waals surface area contributed by atoms with Gasteiger partial charge in [0.2, 0.25) is 0 Å². The fourth-order valence-corrected chi connectivity index (χ4v) is 0.234. The second-order valence-corrected chi connectivity index (χ2v) is 0.969. The van der Waals surface area contributed by atoms with E-state index in [2.05, 4.69) is 15.4 Å². The summed E-state index contributed by atoms with van der Waals surface area (Å²) in [7, 11) is 0. The third-order valence-electron chi connectivity index (χ3n) is 0.497. The largest absolute Gasteiger partial charge is 1.00 e. The predicted molar refractivity (Wildman–Crippen MR) is 21.9 cm³/mol. The number of nitro groups is 1. The maximum atomic E-state index is 9.68. The first-order valence-corrected chi connectivity index (χ1v) is 1.68. The van der Waals surface area contributed by atoms with E-state index in [-0.39, 0.29) is 31.0 Å². The molecule has 0 amide bonds. The number of nitrogens with one attached hydrogen (secondary N) is 1. The van der Waals surface area contributed by atoms with Gasteiger partial charge in [-0.25, -0.2) is 0 Å². The van der Waals surface area contributed by atoms with E-state index in [0.29, 0.717) is 0 Å². The molecule has 0 unspecified atom stereocenters. The van der Waals surface area contributed by atoms with E-state index >= 15 is 0 Å². The molecule has 1 rings (SSSR count). The number of nitrogens with zero attached hydrogens (tertiary/aromatic N) is 4. The molecule has 0 aliphatic rings. The van der Waals surface area contributed by atoms with Crippen LogP contribution in [0.4, 0.5) is 5.95 Å². The van der Waals surface area contributed by atoms with E-state index in [1.807, 2.05) is 5.21 Å². The van der Waals surface area contributed by atoms with E-state index in [4.69, 9.17) is 0 Å².